The van der Waals surface area contributed by atoms with E-state index in [1.165, 1.54) is 0 Å². The van der Waals surface area contributed by atoms with E-state index in [2.05, 4.69) is 31.9 Å². The molecule has 0 aromatic heterocycles. The maximum Gasteiger partial charge on any atom is 0.407 e. The molecule has 0 saturated carbocycles. The second-order valence-corrected chi connectivity index (χ2v) is 7.92. The van der Waals surface area contributed by atoms with Crippen LogP contribution in [0, 0.1) is 0 Å². The number of hydrogen-bond donors (Lipinski definition) is 3. The summed E-state index contributed by atoms with van der Waals surface area (Å²) in [5.74, 6) is 0.721. The zero-order valence-electron chi connectivity index (χ0n) is 16.9. The second-order valence-electron chi connectivity index (χ2n) is 7.48. The Morgan fingerprint density at radius 2 is 2.04 bits per heavy atom. The van der Waals surface area contributed by atoms with Gasteiger partial charge >= 0.3 is 6.09 Å². The minimum Gasteiger partial charge on any atom is -0.444 e. The maximum atomic E-state index is 11.6. The average Bonchev–Trinajstić information content (AvgIpc) is 3.04. The Bertz CT molecular complexity index is 666. The predicted molar refractivity (Wildman–Crippen MR) is 126 cm³/mol. The van der Waals surface area contributed by atoms with Gasteiger partial charge in [-0.2, -0.15) is 0 Å². The molecule has 1 amide bonds. The number of benzene rings is 1. The molecular weight excluding hydrogens is 493 g/mol. The first-order valence-corrected chi connectivity index (χ1v) is 9.59. The molecule has 3 N–H and O–H groups in total. The largest absolute Gasteiger partial charge is 0.444 e. The molecule has 1 aromatic carbocycles. The third kappa shape index (κ3) is 8.72. The van der Waals surface area contributed by atoms with E-state index in [1.54, 1.807) is 7.05 Å². The Kier molecular flexibility index (Phi) is 10.2. The van der Waals surface area contributed by atoms with E-state index in [9.17, 15) is 4.79 Å². The van der Waals surface area contributed by atoms with Crippen LogP contribution in [0.4, 0.5) is 10.5 Å². The number of carbonyl (C=O) groups excluding carboxylic acids is 1. The molecular formula is C19H31ClIN5O2. The van der Waals surface area contributed by atoms with Crippen LogP contribution in [0.2, 0.25) is 5.02 Å². The van der Waals surface area contributed by atoms with Crippen molar-refractivity contribution in [2.45, 2.75) is 38.8 Å². The van der Waals surface area contributed by atoms with Crippen LogP contribution in [-0.2, 0) is 4.74 Å². The van der Waals surface area contributed by atoms with Gasteiger partial charge in [-0.3, -0.25) is 4.99 Å². The molecule has 1 aromatic rings. The molecule has 1 saturated heterocycles. The number of aliphatic imine (C=N–C) groups is 1. The number of rotatable bonds is 5. The minimum atomic E-state index is -0.494. The van der Waals surface area contributed by atoms with Crippen molar-refractivity contribution in [1.29, 1.82) is 0 Å². The number of ether oxygens (including phenoxy) is 1. The van der Waals surface area contributed by atoms with Crippen LogP contribution in [-0.4, -0.2) is 56.9 Å². The van der Waals surface area contributed by atoms with Gasteiger partial charge in [0.15, 0.2) is 5.96 Å². The summed E-state index contributed by atoms with van der Waals surface area (Å²) in [4.78, 5) is 18.2. The van der Waals surface area contributed by atoms with Crippen molar-refractivity contribution >= 4 is 53.3 Å². The van der Waals surface area contributed by atoms with Gasteiger partial charge in [0.1, 0.15) is 5.60 Å². The highest BCUT2D eigenvalue weighted by Crippen LogP contribution is 2.23. The van der Waals surface area contributed by atoms with Crippen LogP contribution in [0.1, 0.15) is 27.2 Å². The Morgan fingerprint density at radius 3 is 2.68 bits per heavy atom. The van der Waals surface area contributed by atoms with Crippen LogP contribution < -0.4 is 20.9 Å². The number of guanidine groups is 1. The van der Waals surface area contributed by atoms with E-state index in [0.29, 0.717) is 19.1 Å². The Morgan fingerprint density at radius 1 is 1.32 bits per heavy atom. The summed E-state index contributed by atoms with van der Waals surface area (Å²) in [6.45, 7) is 8.38. The fraction of sp³-hybridized carbons (Fsp3) is 0.579. The van der Waals surface area contributed by atoms with E-state index in [4.69, 9.17) is 16.3 Å². The number of halogens is 2. The van der Waals surface area contributed by atoms with Crippen molar-refractivity contribution in [2.75, 3.05) is 38.1 Å². The van der Waals surface area contributed by atoms with Crippen molar-refractivity contribution < 1.29 is 9.53 Å². The second kappa shape index (κ2) is 11.5. The first-order valence-electron chi connectivity index (χ1n) is 9.21. The van der Waals surface area contributed by atoms with Gasteiger partial charge < -0.3 is 25.6 Å². The molecule has 7 nitrogen and oxygen atoms in total. The number of amides is 1. The zero-order chi connectivity index (χ0) is 19.9. The molecule has 0 bridgehead atoms. The summed E-state index contributed by atoms with van der Waals surface area (Å²) < 4.78 is 5.20. The summed E-state index contributed by atoms with van der Waals surface area (Å²) >= 11 is 6.08. The summed E-state index contributed by atoms with van der Waals surface area (Å²) in [6, 6.07) is 8.21. The Balaban J connectivity index is 0.00000392. The van der Waals surface area contributed by atoms with E-state index in [0.717, 1.165) is 36.2 Å². The molecule has 1 aliphatic heterocycles. The van der Waals surface area contributed by atoms with Crippen LogP contribution in [0.25, 0.3) is 0 Å². The molecule has 1 fully saturated rings. The van der Waals surface area contributed by atoms with Gasteiger partial charge in [-0.1, -0.05) is 17.7 Å². The smallest absolute Gasteiger partial charge is 0.407 e. The van der Waals surface area contributed by atoms with E-state index < -0.39 is 11.7 Å². The lowest BCUT2D eigenvalue weighted by molar-refractivity contribution is 0.0529. The van der Waals surface area contributed by atoms with Crippen molar-refractivity contribution in [3.05, 3.63) is 29.3 Å². The van der Waals surface area contributed by atoms with Crippen LogP contribution in [0.5, 0.6) is 0 Å². The van der Waals surface area contributed by atoms with E-state index in [1.807, 2.05) is 39.0 Å². The van der Waals surface area contributed by atoms with Crippen molar-refractivity contribution in [3.63, 3.8) is 0 Å². The SMILES string of the molecule is CN=C(NCCNC(=O)OC(C)(C)C)NC1CCN(c2cccc(Cl)c2)C1.I. The molecule has 9 heteroatoms. The van der Waals surface area contributed by atoms with Gasteiger partial charge in [0.25, 0.3) is 0 Å². The first-order chi connectivity index (χ1) is 12.8. The predicted octanol–water partition coefficient (Wildman–Crippen LogP) is 3.23. The fourth-order valence-electron chi connectivity index (χ4n) is 2.83. The van der Waals surface area contributed by atoms with Crippen molar-refractivity contribution in [3.8, 4) is 0 Å². The monoisotopic (exact) mass is 523 g/mol. The lowest BCUT2D eigenvalue weighted by atomic mass is 10.2. The normalized spacial score (nSPS) is 17.0. The first kappa shape index (κ1) is 24.6. The molecule has 0 spiro atoms. The maximum absolute atomic E-state index is 11.6. The Hall–Kier alpha value is -1.42. The third-order valence-corrected chi connectivity index (χ3v) is 4.25. The minimum absolute atomic E-state index is 0. The van der Waals surface area contributed by atoms with Gasteiger partial charge in [-0.25, -0.2) is 4.79 Å². The molecule has 0 radical (unpaired) electrons. The van der Waals surface area contributed by atoms with Crippen molar-refractivity contribution in [2.24, 2.45) is 4.99 Å². The lowest BCUT2D eigenvalue weighted by Crippen LogP contribution is -2.46. The van der Waals surface area contributed by atoms with Gasteiger partial charge in [-0.15, -0.1) is 24.0 Å². The van der Waals surface area contributed by atoms with Crippen LogP contribution >= 0.6 is 35.6 Å². The third-order valence-electron chi connectivity index (χ3n) is 4.01. The highest BCUT2D eigenvalue weighted by atomic mass is 127. The number of hydrogen-bond acceptors (Lipinski definition) is 4. The molecule has 28 heavy (non-hydrogen) atoms. The summed E-state index contributed by atoms with van der Waals surface area (Å²) in [5, 5.41) is 10.1. The number of carbonyl (C=O) groups is 1. The van der Waals surface area contributed by atoms with Gasteiger partial charge in [0.2, 0.25) is 0 Å². The fourth-order valence-corrected chi connectivity index (χ4v) is 3.02. The van der Waals surface area contributed by atoms with Gasteiger partial charge in [0.05, 0.1) is 0 Å². The molecule has 1 heterocycles. The molecule has 1 aliphatic rings. The molecule has 158 valence electrons. The Labute approximate surface area is 189 Å². The summed E-state index contributed by atoms with van der Waals surface area (Å²) in [5.41, 5.74) is 0.642. The summed E-state index contributed by atoms with van der Waals surface area (Å²) in [6.07, 6.45) is 0.601. The molecule has 0 aliphatic carbocycles. The zero-order valence-corrected chi connectivity index (χ0v) is 20.0. The average molecular weight is 524 g/mol. The molecule has 2 rings (SSSR count). The number of anilines is 1. The molecule has 1 unspecified atom stereocenters. The van der Waals surface area contributed by atoms with Gasteiger partial charge in [0, 0.05) is 50.0 Å². The summed E-state index contributed by atoms with van der Waals surface area (Å²) in [7, 11) is 1.74. The number of alkyl carbamates (subject to hydrolysis) is 1. The highest BCUT2D eigenvalue weighted by molar-refractivity contribution is 14.0. The van der Waals surface area contributed by atoms with Crippen LogP contribution in [0.3, 0.4) is 0 Å². The van der Waals surface area contributed by atoms with Gasteiger partial charge in [-0.05, 0) is 45.4 Å². The number of nitrogens with zero attached hydrogens (tertiary/aromatic N) is 2. The molecule has 1 atom stereocenters. The lowest BCUT2D eigenvalue weighted by Gasteiger charge is -2.21. The van der Waals surface area contributed by atoms with Crippen molar-refractivity contribution in [1.82, 2.24) is 16.0 Å². The number of nitrogens with one attached hydrogen (secondary N) is 3. The van der Waals surface area contributed by atoms with Crippen LogP contribution in [0.15, 0.2) is 29.3 Å². The highest BCUT2D eigenvalue weighted by Gasteiger charge is 2.23. The van der Waals surface area contributed by atoms with E-state index in [-0.39, 0.29) is 24.0 Å². The topological polar surface area (TPSA) is 78.0 Å². The van der Waals surface area contributed by atoms with E-state index >= 15 is 0 Å². The quantitative estimate of drug-likeness (QED) is 0.239. The standard InChI is InChI=1S/C19H30ClN5O2.HI/c1-19(2,3)27-18(26)23-10-9-22-17(21-4)24-15-8-11-25(13-15)16-7-5-6-14(20)12-16;/h5-7,12,15H,8-11,13H2,1-4H3,(H,23,26)(H2,21,22,24);1H.